The molecule has 0 aliphatic carbocycles. The number of halogens is 1. The topological polar surface area (TPSA) is 63.1 Å². The van der Waals surface area contributed by atoms with Crippen molar-refractivity contribution in [3.63, 3.8) is 0 Å². The van der Waals surface area contributed by atoms with E-state index in [2.05, 4.69) is 10.6 Å². The van der Waals surface area contributed by atoms with E-state index in [0.29, 0.717) is 11.6 Å². The Kier molecular flexibility index (Phi) is 5.62. The van der Waals surface area contributed by atoms with Gasteiger partial charge < -0.3 is 15.2 Å². The number of pyridine rings is 1. The number of benzene rings is 2. The summed E-state index contributed by atoms with van der Waals surface area (Å²) in [6.45, 7) is 4.23. The molecule has 0 spiro atoms. The highest BCUT2D eigenvalue weighted by atomic mass is 35.5. The van der Waals surface area contributed by atoms with Crippen LogP contribution >= 0.6 is 11.6 Å². The number of carbonyl (C=O) groups is 1. The van der Waals surface area contributed by atoms with Crippen molar-refractivity contribution in [2.24, 2.45) is 0 Å². The van der Waals surface area contributed by atoms with Gasteiger partial charge in [0.1, 0.15) is 5.69 Å². The average molecular weight is 382 g/mol. The van der Waals surface area contributed by atoms with Crippen LogP contribution in [0.2, 0.25) is 5.02 Å². The van der Waals surface area contributed by atoms with Gasteiger partial charge in [0.05, 0.1) is 6.54 Å². The predicted octanol–water partition coefficient (Wildman–Crippen LogP) is 4.81. The highest BCUT2D eigenvalue weighted by molar-refractivity contribution is 6.30. The van der Waals surface area contributed by atoms with Crippen molar-refractivity contribution < 1.29 is 4.79 Å². The van der Waals surface area contributed by atoms with Crippen LogP contribution in [0.1, 0.15) is 16.7 Å². The fraction of sp³-hybridized carbons (Fsp3) is 0.143. The zero-order valence-electron chi connectivity index (χ0n) is 15.1. The Labute approximate surface area is 162 Å². The number of carbonyl (C=O) groups excluding carboxylic acids is 1. The van der Waals surface area contributed by atoms with Gasteiger partial charge in [-0.05, 0) is 54.8 Å². The lowest BCUT2D eigenvalue weighted by molar-refractivity contribution is 0.262. The van der Waals surface area contributed by atoms with E-state index in [1.165, 1.54) is 4.57 Å². The first-order valence-corrected chi connectivity index (χ1v) is 8.90. The number of hydrogen-bond donors (Lipinski definition) is 2. The number of para-hydroxylation sites is 1. The molecule has 0 fully saturated rings. The van der Waals surface area contributed by atoms with Crippen molar-refractivity contribution in [3.8, 4) is 0 Å². The van der Waals surface area contributed by atoms with Crippen LogP contribution < -0.4 is 16.2 Å². The van der Waals surface area contributed by atoms with E-state index in [0.717, 1.165) is 22.4 Å². The molecule has 3 rings (SSSR count). The number of anilines is 2. The number of hydrogen-bond acceptors (Lipinski definition) is 2. The molecule has 0 saturated carbocycles. The second-order valence-electron chi connectivity index (χ2n) is 6.33. The SMILES string of the molecule is Cc1cccc(C)c1NC(=O)Nc1cccn(Cc2ccc(Cl)cc2)c1=O. The predicted molar refractivity (Wildman–Crippen MR) is 110 cm³/mol. The zero-order valence-corrected chi connectivity index (χ0v) is 15.9. The van der Waals surface area contributed by atoms with Crippen molar-refractivity contribution in [3.05, 3.63) is 92.9 Å². The summed E-state index contributed by atoms with van der Waals surface area (Å²) >= 11 is 5.89. The Morgan fingerprint density at radius 2 is 1.63 bits per heavy atom. The zero-order chi connectivity index (χ0) is 19.4. The van der Waals surface area contributed by atoms with Crippen LogP contribution in [-0.4, -0.2) is 10.6 Å². The van der Waals surface area contributed by atoms with Crippen LogP contribution in [0.5, 0.6) is 0 Å². The largest absolute Gasteiger partial charge is 0.323 e. The van der Waals surface area contributed by atoms with E-state index in [1.54, 1.807) is 30.5 Å². The van der Waals surface area contributed by atoms with Gasteiger partial charge in [0.25, 0.3) is 5.56 Å². The number of nitrogens with one attached hydrogen (secondary N) is 2. The quantitative estimate of drug-likeness (QED) is 0.681. The molecule has 1 aromatic heterocycles. The van der Waals surface area contributed by atoms with Gasteiger partial charge in [0.2, 0.25) is 0 Å². The average Bonchev–Trinajstić information content (AvgIpc) is 2.63. The Balaban J connectivity index is 1.76. The second-order valence-corrected chi connectivity index (χ2v) is 6.76. The van der Waals surface area contributed by atoms with Crippen molar-refractivity contribution >= 4 is 29.0 Å². The minimum atomic E-state index is -0.450. The maximum absolute atomic E-state index is 12.7. The fourth-order valence-corrected chi connectivity index (χ4v) is 2.95. The third-order valence-electron chi connectivity index (χ3n) is 4.25. The first-order chi connectivity index (χ1) is 12.9. The highest BCUT2D eigenvalue weighted by Gasteiger charge is 2.10. The summed E-state index contributed by atoms with van der Waals surface area (Å²) in [5.41, 5.74) is 3.54. The normalized spacial score (nSPS) is 10.5. The molecule has 0 saturated heterocycles. The van der Waals surface area contributed by atoms with Gasteiger partial charge in [-0.3, -0.25) is 4.79 Å². The Hall–Kier alpha value is -3.05. The maximum Gasteiger partial charge on any atom is 0.323 e. The standard InChI is InChI=1S/C21H20ClN3O2/c1-14-5-3-6-15(2)19(14)24-21(27)23-18-7-4-12-25(20(18)26)13-16-8-10-17(22)11-9-16/h3-12H,13H2,1-2H3,(H2,23,24,27). The molecule has 0 atom stereocenters. The molecule has 0 unspecified atom stereocenters. The van der Waals surface area contributed by atoms with Crippen LogP contribution in [0.4, 0.5) is 16.2 Å². The van der Waals surface area contributed by atoms with Crippen molar-refractivity contribution in [1.82, 2.24) is 4.57 Å². The third kappa shape index (κ3) is 4.57. The summed E-state index contributed by atoms with van der Waals surface area (Å²) in [7, 11) is 0. The Bertz CT molecular complexity index is 1010. The summed E-state index contributed by atoms with van der Waals surface area (Å²) < 4.78 is 1.54. The molecule has 0 aliphatic rings. The van der Waals surface area contributed by atoms with E-state index < -0.39 is 6.03 Å². The number of nitrogens with zero attached hydrogens (tertiary/aromatic N) is 1. The summed E-state index contributed by atoms with van der Waals surface area (Å²) in [5.74, 6) is 0. The lowest BCUT2D eigenvalue weighted by atomic mass is 10.1. The highest BCUT2D eigenvalue weighted by Crippen LogP contribution is 2.19. The van der Waals surface area contributed by atoms with Gasteiger partial charge in [-0.15, -0.1) is 0 Å². The van der Waals surface area contributed by atoms with Crippen LogP contribution in [0, 0.1) is 13.8 Å². The van der Waals surface area contributed by atoms with E-state index in [1.807, 2.05) is 44.2 Å². The van der Waals surface area contributed by atoms with E-state index in [-0.39, 0.29) is 11.2 Å². The molecule has 2 N–H and O–H groups in total. The molecule has 5 nitrogen and oxygen atoms in total. The van der Waals surface area contributed by atoms with Crippen molar-refractivity contribution in [2.45, 2.75) is 20.4 Å². The molecular weight excluding hydrogens is 362 g/mol. The molecular formula is C21H20ClN3O2. The van der Waals surface area contributed by atoms with Gasteiger partial charge in [-0.1, -0.05) is 41.9 Å². The van der Waals surface area contributed by atoms with Gasteiger partial charge in [0.15, 0.2) is 0 Å². The number of amides is 2. The molecule has 0 radical (unpaired) electrons. The minimum Gasteiger partial charge on any atom is -0.309 e. The van der Waals surface area contributed by atoms with Gasteiger partial charge >= 0.3 is 6.03 Å². The van der Waals surface area contributed by atoms with E-state index in [4.69, 9.17) is 11.6 Å². The van der Waals surface area contributed by atoms with Gasteiger partial charge in [-0.2, -0.15) is 0 Å². The van der Waals surface area contributed by atoms with Crippen LogP contribution in [-0.2, 0) is 6.54 Å². The van der Waals surface area contributed by atoms with E-state index >= 15 is 0 Å². The van der Waals surface area contributed by atoms with E-state index in [9.17, 15) is 9.59 Å². The molecule has 2 amide bonds. The lowest BCUT2D eigenvalue weighted by Crippen LogP contribution is -2.28. The second kappa shape index (κ2) is 8.10. The molecule has 1 heterocycles. The maximum atomic E-state index is 12.7. The summed E-state index contributed by atoms with van der Waals surface area (Å²) in [4.78, 5) is 25.0. The minimum absolute atomic E-state index is 0.218. The summed E-state index contributed by atoms with van der Waals surface area (Å²) in [6, 6.07) is 15.9. The monoisotopic (exact) mass is 381 g/mol. The molecule has 3 aromatic rings. The first kappa shape index (κ1) is 18.7. The first-order valence-electron chi connectivity index (χ1n) is 8.52. The van der Waals surface area contributed by atoms with Crippen LogP contribution in [0.15, 0.2) is 65.6 Å². The molecule has 0 aliphatic heterocycles. The molecule has 27 heavy (non-hydrogen) atoms. The summed E-state index contributed by atoms with van der Waals surface area (Å²) in [6.07, 6.45) is 1.69. The Morgan fingerprint density at radius 1 is 0.963 bits per heavy atom. The number of rotatable bonds is 4. The van der Waals surface area contributed by atoms with Gasteiger partial charge in [-0.25, -0.2) is 4.79 Å². The van der Waals surface area contributed by atoms with Crippen molar-refractivity contribution in [1.29, 1.82) is 0 Å². The third-order valence-corrected chi connectivity index (χ3v) is 4.51. The molecule has 0 bridgehead atoms. The number of aromatic nitrogens is 1. The molecule has 138 valence electrons. The van der Waals surface area contributed by atoms with Gasteiger partial charge in [0, 0.05) is 16.9 Å². The summed E-state index contributed by atoms with van der Waals surface area (Å²) in [5, 5.41) is 6.10. The van der Waals surface area contributed by atoms with Crippen LogP contribution in [0.25, 0.3) is 0 Å². The molecule has 2 aromatic carbocycles. The number of urea groups is 1. The molecule has 6 heteroatoms. The number of aryl methyl sites for hydroxylation is 2. The smallest absolute Gasteiger partial charge is 0.309 e. The Morgan fingerprint density at radius 3 is 2.30 bits per heavy atom. The fourth-order valence-electron chi connectivity index (χ4n) is 2.82. The van der Waals surface area contributed by atoms with Crippen LogP contribution in [0.3, 0.4) is 0 Å². The lowest BCUT2D eigenvalue weighted by Gasteiger charge is -2.13. The van der Waals surface area contributed by atoms with Crippen molar-refractivity contribution in [2.75, 3.05) is 10.6 Å².